The molecular formula is C19H20F3N3O2. The summed E-state index contributed by atoms with van der Waals surface area (Å²) < 4.78 is 38.6. The smallest absolute Gasteiger partial charge is 0.345 e. The lowest BCUT2D eigenvalue weighted by molar-refractivity contribution is -0.184. The van der Waals surface area contributed by atoms with Gasteiger partial charge in [-0.25, -0.2) is 0 Å². The van der Waals surface area contributed by atoms with Gasteiger partial charge in [0.25, 0.3) is 0 Å². The fourth-order valence-corrected chi connectivity index (χ4v) is 3.47. The molecule has 1 aromatic carbocycles. The van der Waals surface area contributed by atoms with Crippen LogP contribution in [-0.4, -0.2) is 29.0 Å². The lowest BCUT2D eigenvalue weighted by atomic mass is 9.85. The first-order valence-electron chi connectivity index (χ1n) is 8.78. The molecule has 0 unspecified atom stereocenters. The number of amides is 2. The molecule has 0 radical (unpaired) electrons. The van der Waals surface area contributed by atoms with Gasteiger partial charge in [-0.3, -0.25) is 14.6 Å². The van der Waals surface area contributed by atoms with E-state index in [1.807, 2.05) is 6.92 Å². The third kappa shape index (κ3) is 4.37. The van der Waals surface area contributed by atoms with E-state index in [9.17, 15) is 22.8 Å². The molecule has 0 bridgehead atoms. The first-order valence-corrected chi connectivity index (χ1v) is 8.78. The molecule has 1 aliphatic carbocycles. The Balaban J connectivity index is 1.67. The zero-order valence-corrected chi connectivity index (χ0v) is 14.8. The highest BCUT2D eigenvalue weighted by molar-refractivity contribution is 6.40. The van der Waals surface area contributed by atoms with E-state index in [1.54, 1.807) is 30.5 Å². The number of aromatic nitrogens is 1. The van der Waals surface area contributed by atoms with Crippen LogP contribution < -0.4 is 10.6 Å². The van der Waals surface area contributed by atoms with Crippen LogP contribution in [0.25, 0.3) is 10.9 Å². The van der Waals surface area contributed by atoms with Crippen LogP contribution in [0.3, 0.4) is 0 Å². The highest BCUT2D eigenvalue weighted by Gasteiger charge is 2.42. The highest BCUT2D eigenvalue weighted by atomic mass is 19.4. The van der Waals surface area contributed by atoms with E-state index in [1.165, 1.54) is 0 Å². The summed E-state index contributed by atoms with van der Waals surface area (Å²) in [7, 11) is 0. The van der Waals surface area contributed by atoms with E-state index >= 15 is 0 Å². The molecule has 0 aliphatic heterocycles. The summed E-state index contributed by atoms with van der Waals surface area (Å²) in [6.07, 6.45) is -1.98. The fourth-order valence-electron chi connectivity index (χ4n) is 3.47. The summed E-state index contributed by atoms with van der Waals surface area (Å²) in [5.74, 6) is -3.27. The molecule has 1 aromatic heterocycles. The van der Waals surface area contributed by atoms with Crippen molar-refractivity contribution >= 4 is 28.4 Å². The molecule has 2 aromatic rings. The zero-order valence-electron chi connectivity index (χ0n) is 14.8. The molecule has 1 heterocycles. The lowest BCUT2D eigenvalue weighted by Gasteiger charge is -2.30. The minimum absolute atomic E-state index is 0.0599. The van der Waals surface area contributed by atoms with Crippen LogP contribution in [0.2, 0.25) is 0 Å². The molecule has 3 rings (SSSR count). The summed E-state index contributed by atoms with van der Waals surface area (Å²) >= 11 is 0. The number of nitrogens with zero attached hydrogens (tertiary/aromatic N) is 1. The quantitative estimate of drug-likeness (QED) is 0.782. The SMILES string of the molecule is Cc1ccc(NC(=O)C(=O)N[C@H]2CCC[C@H](C(F)(F)F)C2)c2cccnc12. The van der Waals surface area contributed by atoms with Gasteiger partial charge in [-0.15, -0.1) is 0 Å². The summed E-state index contributed by atoms with van der Waals surface area (Å²) in [5, 5.41) is 5.65. The van der Waals surface area contributed by atoms with E-state index < -0.39 is 30.0 Å². The maximum absolute atomic E-state index is 12.9. The average Bonchev–Trinajstić information content (AvgIpc) is 2.63. The number of anilines is 1. The monoisotopic (exact) mass is 379 g/mol. The topological polar surface area (TPSA) is 71.1 Å². The van der Waals surface area contributed by atoms with E-state index in [0.29, 0.717) is 29.4 Å². The summed E-state index contributed by atoms with van der Waals surface area (Å²) in [6, 6.07) is 6.29. The molecule has 1 aliphatic rings. The largest absolute Gasteiger partial charge is 0.391 e. The van der Waals surface area contributed by atoms with Crippen LogP contribution in [0.5, 0.6) is 0 Å². The van der Waals surface area contributed by atoms with E-state index in [0.717, 1.165) is 5.56 Å². The first kappa shape index (κ1) is 19.1. The van der Waals surface area contributed by atoms with Gasteiger partial charge < -0.3 is 10.6 Å². The van der Waals surface area contributed by atoms with Gasteiger partial charge in [0.1, 0.15) is 0 Å². The minimum Gasteiger partial charge on any atom is -0.345 e. The highest BCUT2D eigenvalue weighted by Crippen LogP contribution is 2.37. The second kappa shape index (κ2) is 7.54. The molecule has 144 valence electrons. The Hall–Kier alpha value is -2.64. The van der Waals surface area contributed by atoms with Crippen molar-refractivity contribution in [1.29, 1.82) is 0 Å². The van der Waals surface area contributed by atoms with Gasteiger partial charge in [-0.2, -0.15) is 13.2 Å². The van der Waals surface area contributed by atoms with Crippen molar-refractivity contribution in [3.05, 3.63) is 36.0 Å². The molecule has 0 spiro atoms. The van der Waals surface area contributed by atoms with Gasteiger partial charge in [-0.1, -0.05) is 12.5 Å². The number of nitrogens with one attached hydrogen (secondary N) is 2. The average molecular weight is 379 g/mol. The lowest BCUT2D eigenvalue weighted by Crippen LogP contribution is -2.45. The second-order valence-corrected chi connectivity index (χ2v) is 6.86. The van der Waals surface area contributed by atoms with Crippen LogP contribution in [0, 0.1) is 12.8 Å². The third-order valence-electron chi connectivity index (χ3n) is 4.90. The predicted octanol–water partition coefficient (Wildman–Crippen LogP) is 3.72. The maximum atomic E-state index is 12.9. The molecule has 8 heteroatoms. The third-order valence-corrected chi connectivity index (χ3v) is 4.90. The molecule has 0 saturated heterocycles. The van der Waals surface area contributed by atoms with Crippen LogP contribution in [-0.2, 0) is 9.59 Å². The summed E-state index contributed by atoms with van der Waals surface area (Å²) in [4.78, 5) is 28.6. The van der Waals surface area contributed by atoms with Crippen molar-refractivity contribution in [2.75, 3.05) is 5.32 Å². The standard InChI is InChI=1S/C19H20F3N3O2/c1-11-7-8-15(14-6-3-9-23-16(11)14)25-18(27)17(26)24-13-5-2-4-12(10-13)19(20,21)22/h3,6-9,12-13H,2,4-5,10H2,1H3,(H,24,26)(H,25,27)/t12-,13-/m0/s1. The van der Waals surface area contributed by atoms with Gasteiger partial charge >= 0.3 is 18.0 Å². The number of hydrogen-bond donors (Lipinski definition) is 2. The molecule has 27 heavy (non-hydrogen) atoms. The van der Waals surface area contributed by atoms with Gasteiger partial charge in [0, 0.05) is 17.6 Å². The van der Waals surface area contributed by atoms with Crippen LogP contribution in [0.4, 0.5) is 18.9 Å². The first-order chi connectivity index (χ1) is 12.8. The Bertz CT molecular complexity index is 867. The van der Waals surface area contributed by atoms with Crippen molar-refractivity contribution < 1.29 is 22.8 Å². The molecule has 1 saturated carbocycles. The van der Waals surface area contributed by atoms with Crippen molar-refractivity contribution in [2.45, 2.75) is 44.8 Å². The molecule has 2 amide bonds. The maximum Gasteiger partial charge on any atom is 0.391 e. The van der Waals surface area contributed by atoms with Crippen molar-refractivity contribution in [1.82, 2.24) is 10.3 Å². The molecule has 2 atom stereocenters. The van der Waals surface area contributed by atoms with E-state index in [4.69, 9.17) is 0 Å². The summed E-state index contributed by atoms with van der Waals surface area (Å²) in [6.45, 7) is 1.88. The zero-order chi connectivity index (χ0) is 19.6. The molecule has 2 N–H and O–H groups in total. The minimum atomic E-state index is -4.28. The van der Waals surface area contributed by atoms with Gasteiger partial charge in [0.15, 0.2) is 0 Å². The number of hydrogen-bond acceptors (Lipinski definition) is 3. The number of fused-ring (bicyclic) bond motifs is 1. The Morgan fingerprint density at radius 3 is 2.67 bits per heavy atom. The number of pyridine rings is 1. The van der Waals surface area contributed by atoms with Gasteiger partial charge in [0.2, 0.25) is 0 Å². The number of aryl methyl sites for hydroxylation is 1. The van der Waals surface area contributed by atoms with E-state index in [2.05, 4.69) is 15.6 Å². The van der Waals surface area contributed by atoms with Gasteiger partial charge in [0.05, 0.1) is 17.1 Å². The van der Waals surface area contributed by atoms with E-state index in [-0.39, 0.29) is 12.8 Å². The number of carbonyl (C=O) groups is 2. The van der Waals surface area contributed by atoms with Crippen LogP contribution >= 0.6 is 0 Å². The molecular weight excluding hydrogens is 359 g/mol. The Morgan fingerprint density at radius 2 is 1.93 bits per heavy atom. The number of carbonyl (C=O) groups excluding carboxylic acids is 2. The number of rotatable bonds is 2. The Labute approximate surface area is 154 Å². The molecule has 1 fully saturated rings. The number of benzene rings is 1. The Morgan fingerprint density at radius 1 is 1.15 bits per heavy atom. The summed E-state index contributed by atoms with van der Waals surface area (Å²) in [5.41, 5.74) is 2.06. The number of halogens is 3. The predicted molar refractivity (Wildman–Crippen MR) is 95.1 cm³/mol. The normalized spacial score (nSPS) is 20.3. The van der Waals surface area contributed by atoms with Crippen LogP contribution in [0.1, 0.15) is 31.2 Å². The van der Waals surface area contributed by atoms with Crippen molar-refractivity contribution in [2.24, 2.45) is 5.92 Å². The van der Waals surface area contributed by atoms with Crippen molar-refractivity contribution in [3.63, 3.8) is 0 Å². The fraction of sp³-hybridized carbons (Fsp3) is 0.421. The van der Waals surface area contributed by atoms with Gasteiger partial charge in [-0.05, 0) is 49.9 Å². The number of alkyl halides is 3. The second-order valence-electron chi connectivity index (χ2n) is 6.86. The Kier molecular flexibility index (Phi) is 5.34. The molecule has 5 nitrogen and oxygen atoms in total. The van der Waals surface area contributed by atoms with Crippen LogP contribution in [0.15, 0.2) is 30.5 Å². The van der Waals surface area contributed by atoms with Crippen molar-refractivity contribution in [3.8, 4) is 0 Å².